The molecule has 4 heteroatoms. The zero-order valence-corrected chi connectivity index (χ0v) is 8.88. The molecule has 0 aromatic rings. The van der Waals surface area contributed by atoms with Crippen LogP contribution in [-0.2, 0) is 9.53 Å². The smallest absolute Gasteiger partial charge is 0.324 e. The van der Waals surface area contributed by atoms with Crippen LogP contribution in [0.2, 0.25) is 0 Å². The summed E-state index contributed by atoms with van der Waals surface area (Å²) in [5, 5.41) is 12.4. The Morgan fingerprint density at radius 2 is 2.14 bits per heavy atom. The zero-order chi connectivity index (χ0) is 10.6. The molecule has 1 unspecified atom stereocenters. The minimum Gasteiger partial charge on any atom is -0.480 e. The van der Waals surface area contributed by atoms with E-state index >= 15 is 0 Å². The number of carboxylic acids is 1. The highest BCUT2D eigenvalue weighted by Crippen LogP contribution is 2.22. The molecule has 1 heterocycles. The molecule has 1 fully saturated rings. The van der Waals surface area contributed by atoms with Gasteiger partial charge in [-0.2, -0.15) is 0 Å². The summed E-state index contributed by atoms with van der Waals surface area (Å²) in [5.41, 5.74) is -0.756. The molecule has 1 rings (SSSR count). The first kappa shape index (κ1) is 11.5. The third kappa shape index (κ3) is 2.45. The Bertz CT molecular complexity index is 200. The highest BCUT2D eigenvalue weighted by Gasteiger charge is 2.40. The van der Waals surface area contributed by atoms with Gasteiger partial charge < -0.3 is 9.84 Å². The van der Waals surface area contributed by atoms with Gasteiger partial charge in [0, 0.05) is 19.3 Å². The van der Waals surface area contributed by atoms with E-state index in [9.17, 15) is 9.90 Å². The van der Waals surface area contributed by atoms with E-state index < -0.39 is 11.5 Å². The molecule has 0 aromatic heterocycles. The maximum atomic E-state index is 11.2. The van der Waals surface area contributed by atoms with Crippen LogP contribution in [0, 0.1) is 0 Å². The lowest BCUT2D eigenvalue weighted by molar-refractivity contribution is -0.149. The van der Waals surface area contributed by atoms with Gasteiger partial charge in [0.1, 0.15) is 5.54 Å². The van der Waals surface area contributed by atoms with Crippen molar-refractivity contribution in [3.8, 4) is 0 Å². The summed E-state index contributed by atoms with van der Waals surface area (Å²) < 4.78 is 5.19. The van der Waals surface area contributed by atoms with Gasteiger partial charge in [-0.3, -0.25) is 10.1 Å². The van der Waals surface area contributed by atoms with Crippen LogP contribution in [0.5, 0.6) is 0 Å². The van der Waals surface area contributed by atoms with E-state index in [0.717, 1.165) is 6.42 Å². The number of carboxylic acid groups (broad SMARTS) is 1. The Labute approximate surface area is 84.6 Å². The Hall–Kier alpha value is -0.610. The summed E-state index contributed by atoms with van der Waals surface area (Å²) in [5.74, 6) is -0.749. The van der Waals surface area contributed by atoms with Gasteiger partial charge in [0.2, 0.25) is 0 Å². The van der Waals surface area contributed by atoms with Crippen molar-refractivity contribution in [1.82, 2.24) is 5.32 Å². The quantitative estimate of drug-likeness (QED) is 0.712. The Balaban J connectivity index is 2.65. The van der Waals surface area contributed by atoms with Crippen molar-refractivity contribution in [2.24, 2.45) is 0 Å². The molecule has 1 aliphatic rings. The van der Waals surface area contributed by atoms with Crippen molar-refractivity contribution in [3.63, 3.8) is 0 Å². The van der Waals surface area contributed by atoms with Gasteiger partial charge in [-0.1, -0.05) is 6.92 Å². The Morgan fingerprint density at radius 1 is 1.57 bits per heavy atom. The summed E-state index contributed by atoms with van der Waals surface area (Å²) >= 11 is 0. The largest absolute Gasteiger partial charge is 0.480 e. The van der Waals surface area contributed by atoms with Crippen LogP contribution in [0.25, 0.3) is 0 Å². The minimum atomic E-state index is -0.756. The predicted octanol–water partition coefficient (Wildman–Crippen LogP) is 1.01. The van der Waals surface area contributed by atoms with Crippen LogP contribution >= 0.6 is 0 Å². The van der Waals surface area contributed by atoms with Crippen molar-refractivity contribution in [3.05, 3.63) is 0 Å². The first-order valence-electron chi connectivity index (χ1n) is 5.19. The van der Waals surface area contributed by atoms with Gasteiger partial charge in [-0.25, -0.2) is 0 Å². The summed E-state index contributed by atoms with van der Waals surface area (Å²) in [6.45, 7) is 5.14. The van der Waals surface area contributed by atoms with Gasteiger partial charge in [-0.05, 0) is 26.2 Å². The molecular weight excluding hydrogens is 182 g/mol. The van der Waals surface area contributed by atoms with E-state index in [1.54, 1.807) is 0 Å². The molecule has 0 bridgehead atoms. The van der Waals surface area contributed by atoms with E-state index in [-0.39, 0.29) is 6.04 Å². The van der Waals surface area contributed by atoms with Crippen molar-refractivity contribution in [2.45, 2.75) is 44.7 Å². The first-order chi connectivity index (χ1) is 6.60. The average molecular weight is 201 g/mol. The number of aliphatic carboxylic acids is 1. The fourth-order valence-electron chi connectivity index (χ4n) is 1.71. The number of carbonyl (C=O) groups is 1. The minimum absolute atomic E-state index is 0.240. The van der Waals surface area contributed by atoms with Gasteiger partial charge in [0.15, 0.2) is 0 Å². The molecule has 1 saturated heterocycles. The topological polar surface area (TPSA) is 58.6 Å². The summed E-state index contributed by atoms with van der Waals surface area (Å²) in [7, 11) is 0. The molecular formula is C10H19NO3. The van der Waals surface area contributed by atoms with Crippen molar-refractivity contribution in [2.75, 3.05) is 13.2 Å². The van der Waals surface area contributed by atoms with Crippen molar-refractivity contribution >= 4 is 5.97 Å². The fraction of sp³-hybridized carbons (Fsp3) is 0.900. The molecule has 1 atom stereocenters. The van der Waals surface area contributed by atoms with Crippen molar-refractivity contribution in [1.29, 1.82) is 0 Å². The summed E-state index contributed by atoms with van der Waals surface area (Å²) in [6, 6.07) is 0.240. The third-order valence-corrected chi connectivity index (χ3v) is 2.89. The van der Waals surface area contributed by atoms with Gasteiger partial charge in [0.05, 0.1) is 0 Å². The molecule has 2 N–H and O–H groups in total. The number of hydrogen-bond donors (Lipinski definition) is 2. The molecule has 1 aliphatic heterocycles. The van der Waals surface area contributed by atoms with E-state index in [2.05, 4.69) is 5.32 Å². The average Bonchev–Trinajstić information content (AvgIpc) is 2.19. The number of nitrogens with one attached hydrogen (secondary N) is 1. The molecule has 14 heavy (non-hydrogen) atoms. The van der Waals surface area contributed by atoms with E-state index in [4.69, 9.17) is 4.74 Å². The standard InChI is InChI=1S/C10H19NO3/c1-3-8(2)11-10(9(12)13)4-6-14-7-5-10/h8,11H,3-7H2,1-2H3,(H,12,13). The van der Waals surface area contributed by atoms with Crippen LogP contribution in [0.3, 0.4) is 0 Å². The summed E-state index contributed by atoms with van der Waals surface area (Å²) in [6.07, 6.45) is 2.06. The van der Waals surface area contributed by atoms with Crippen LogP contribution in [0.15, 0.2) is 0 Å². The zero-order valence-electron chi connectivity index (χ0n) is 8.88. The summed E-state index contributed by atoms with van der Waals surface area (Å²) in [4.78, 5) is 11.2. The van der Waals surface area contributed by atoms with E-state index in [1.807, 2.05) is 13.8 Å². The molecule has 0 aromatic carbocycles. The first-order valence-corrected chi connectivity index (χ1v) is 5.19. The molecule has 0 amide bonds. The van der Waals surface area contributed by atoms with Crippen LogP contribution in [0.1, 0.15) is 33.1 Å². The van der Waals surface area contributed by atoms with E-state index in [1.165, 1.54) is 0 Å². The number of rotatable bonds is 4. The Kier molecular flexibility index (Phi) is 3.89. The van der Waals surface area contributed by atoms with Gasteiger partial charge >= 0.3 is 5.97 Å². The fourth-order valence-corrected chi connectivity index (χ4v) is 1.71. The highest BCUT2D eigenvalue weighted by molar-refractivity contribution is 5.79. The third-order valence-electron chi connectivity index (χ3n) is 2.89. The van der Waals surface area contributed by atoms with Crippen LogP contribution in [-0.4, -0.2) is 35.9 Å². The van der Waals surface area contributed by atoms with Crippen LogP contribution in [0.4, 0.5) is 0 Å². The molecule has 0 spiro atoms. The Morgan fingerprint density at radius 3 is 2.57 bits per heavy atom. The maximum absolute atomic E-state index is 11.2. The second kappa shape index (κ2) is 4.75. The lowest BCUT2D eigenvalue weighted by Gasteiger charge is -2.36. The number of ether oxygens (including phenoxy) is 1. The predicted molar refractivity (Wildman–Crippen MR) is 53.3 cm³/mol. The number of hydrogen-bond acceptors (Lipinski definition) is 3. The SMILES string of the molecule is CCC(C)NC1(C(=O)O)CCOCC1. The molecule has 0 aliphatic carbocycles. The van der Waals surface area contributed by atoms with E-state index in [0.29, 0.717) is 26.1 Å². The molecule has 0 radical (unpaired) electrons. The normalized spacial score (nSPS) is 23.0. The second-order valence-corrected chi connectivity index (χ2v) is 3.95. The van der Waals surface area contributed by atoms with Gasteiger partial charge in [-0.15, -0.1) is 0 Å². The molecule has 4 nitrogen and oxygen atoms in total. The lowest BCUT2D eigenvalue weighted by Crippen LogP contribution is -2.58. The van der Waals surface area contributed by atoms with Crippen molar-refractivity contribution < 1.29 is 14.6 Å². The van der Waals surface area contributed by atoms with Gasteiger partial charge in [0.25, 0.3) is 0 Å². The lowest BCUT2D eigenvalue weighted by atomic mass is 9.89. The highest BCUT2D eigenvalue weighted by atomic mass is 16.5. The monoisotopic (exact) mass is 201 g/mol. The second-order valence-electron chi connectivity index (χ2n) is 3.95. The molecule has 82 valence electrons. The van der Waals surface area contributed by atoms with Crippen LogP contribution < -0.4 is 5.32 Å². The maximum Gasteiger partial charge on any atom is 0.324 e. The molecule has 0 saturated carbocycles.